The van der Waals surface area contributed by atoms with Crippen LogP contribution in [0.2, 0.25) is 0 Å². The quantitative estimate of drug-likeness (QED) is 0.864. The Morgan fingerprint density at radius 2 is 2.16 bits per heavy atom. The Hall–Kier alpha value is -0.980. The molecular weight excluding hydrogens is 260 g/mol. The fourth-order valence-corrected chi connectivity index (χ4v) is 2.81. The lowest BCUT2D eigenvalue weighted by atomic mass is 10.3. The molecule has 1 N–H and O–H groups in total. The molecule has 6 heteroatoms. The molecule has 2 heterocycles. The van der Waals surface area contributed by atoms with Gasteiger partial charge in [0.15, 0.2) is 0 Å². The maximum absolute atomic E-state index is 11.9. The normalized spacial score (nSPS) is 16.8. The number of carbonyl (C=O) groups excluding carboxylic acids is 1. The maximum atomic E-state index is 11.9. The van der Waals surface area contributed by atoms with Crippen LogP contribution in [0.4, 0.5) is 0 Å². The summed E-state index contributed by atoms with van der Waals surface area (Å²) in [7, 11) is 0. The van der Waals surface area contributed by atoms with Gasteiger partial charge in [-0.05, 0) is 13.5 Å². The van der Waals surface area contributed by atoms with E-state index in [0.717, 1.165) is 50.0 Å². The molecule has 0 aliphatic carbocycles. The topological polar surface area (TPSA) is 48.5 Å². The van der Waals surface area contributed by atoms with Gasteiger partial charge >= 0.3 is 0 Å². The zero-order valence-corrected chi connectivity index (χ0v) is 12.5. The Bertz CT molecular complexity index is 413. The predicted octanol–water partition coefficient (Wildman–Crippen LogP) is 0.705. The number of amides is 1. The Morgan fingerprint density at radius 3 is 2.74 bits per heavy atom. The number of hydrogen-bond acceptors (Lipinski definition) is 5. The van der Waals surface area contributed by atoms with E-state index in [2.05, 4.69) is 20.6 Å². The van der Waals surface area contributed by atoms with Crippen molar-refractivity contribution in [3.63, 3.8) is 0 Å². The maximum Gasteiger partial charge on any atom is 0.236 e. The number of likely N-dealkylation sites (N-methyl/N-ethyl adjacent to an activating group) is 1. The molecule has 1 aromatic rings. The van der Waals surface area contributed by atoms with Gasteiger partial charge < -0.3 is 10.2 Å². The average molecular weight is 282 g/mol. The number of carbonyl (C=O) groups is 1. The van der Waals surface area contributed by atoms with Gasteiger partial charge in [-0.15, -0.1) is 11.3 Å². The van der Waals surface area contributed by atoms with Crippen LogP contribution < -0.4 is 5.32 Å². The second kappa shape index (κ2) is 6.98. The molecule has 5 nitrogen and oxygen atoms in total. The number of aryl methyl sites for hydroxylation is 1. The molecule has 0 aromatic carbocycles. The van der Waals surface area contributed by atoms with Gasteiger partial charge in [0.2, 0.25) is 5.91 Å². The van der Waals surface area contributed by atoms with E-state index >= 15 is 0 Å². The highest BCUT2D eigenvalue weighted by Gasteiger charge is 2.20. The molecule has 1 aliphatic heterocycles. The first-order valence-electron chi connectivity index (χ1n) is 6.81. The van der Waals surface area contributed by atoms with Crippen molar-refractivity contribution >= 4 is 17.2 Å². The summed E-state index contributed by atoms with van der Waals surface area (Å²) in [6.07, 6.45) is 0. The van der Waals surface area contributed by atoms with E-state index in [1.807, 2.05) is 18.7 Å². The van der Waals surface area contributed by atoms with Gasteiger partial charge in [0, 0.05) is 38.1 Å². The molecule has 106 valence electrons. The highest BCUT2D eigenvalue weighted by molar-refractivity contribution is 7.09. The molecule has 1 aliphatic rings. The van der Waals surface area contributed by atoms with Crippen LogP contribution >= 0.6 is 11.3 Å². The largest absolute Gasteiger partial charge is 0.339 e. The number of nitrogens with one attached hydrogen (secondary N) is 1. The Balaban J connectivity index is 1.74. The zero-order chi connectivity index (χ0) is 13.7. The number of aromatic nitrogens is 1. The van der Waals surface area contributed by atoms with Gasteiger partial charge in [0.05, 0.1) is 17.2 Å². The molecule has 2 rings (SSSR count). The minimum Gasteiger partial charge on any atom is -0.339 e. The van der Waals surface area contributed by atoms with Crippen molar-refractivity contribution in [1.82, 2.24) is 20.1 Å². The summed E-state index contributed by atoms with van der Waals surface area (Å²) < 4.78 is 0. The van der Waals surface area contributed by atoms with Crippen LogP contribution in [0.15, 0.2) is 5.38 Å². The van der Waals surface area contributed by atoms with Crippen molar-refractivity contribution < 1.29 is 4.79 Å². The van der Waals surface area contributed by atoms with Crippen LogP contribution in [0, 0.1) is 6.92 Å². The minimum absolute atomic E-state index is 0.214. The third-order valence-corrected chi connectivity index (χ3v) is 4.13. The van der Waals surface area contributed by atoms with Gasteiger partial charge in [-0.2, -0.15) is 0 Å². The summed E-state index contributed by atoms with van der Waals surface area (Å²) in [4.78, 5) is 20.7. The predicted molar refractivity (Wildman–Crippen MR) is 77.3 cm³/mol. The number of rotatable bonds is 5. The van der Waals surface area contributed by atoms with E-state index in [9.17, 15) is 4.79 Å². The van der Waals surface area contributed by atoms with E-state index in [4.69, 9.17) is 0 Å². The molecular formula is C13H22N4OS. The van der Waals surface area contributed by atoms with Gasteiger partial charge in [-0.25, -0.2) is 4.98 Å². The summed E-state index contributed by atoms with van der Waals surface area (Å²) in [6.45, 7) is 9.78. The van der Waals surface area contributed by atoms with Crippen LogP contribution in [0.3, 0.4) is 0 Å². The Labute approximate surface area is 118 Å². The highest BCUT2D eigenvalue weighted by Crippen LogP contribution is 2.12. The summed E-state index contributed by atoms with van der Waals surface area (Å²) >= 11 is 1.70. The SMILES string of the molecule is CCNCC(=O)N1CCN(Cc2csc(C)n2)CC1. The fraction of sp³-hybridized carbons (Fsp3) is 0.692. The van der Waals surface area contributed by atoms with Gasteiger partial charge in [-0.1, -0.05) is 6.92 Å². The number of nitrogens with zero attached hydrogens (tertiary/aromatic N) is 3. The van der Waals surface area contributed by atoms with Crippen molar-refractivity contribution in [2.45, 2.75) is 20.4 Å². The second-order valence-electron chi connectivity index (χ2n) is 4.80. The van der Waals surface area contributed by atoms with Gasteiger partial charge in [0.1, 0.15) is 0 Å². The van der Waals surface area contributed by atoms with Crippen molar-refractivity contribution in [1.29, 1.82) is 0 Å². The molecule has 1 amide bonds. The molecule has 1 aromatic heterocycles. The molecule has 0 spiro atoms. The lowest BCUT2D eigenvalue weighted by molar-refractivity contribution is -0.132. The van der Waals surface area contributed by atoms with E-state index in [1.54, 1.807) is 11.3 Å². The van der Waals surface area contributed by atoms with E-state index < -0.39 is 0 Å². The molecule has 0 unspecified atom stereocenters. The summed E-state index contributed by atoms with van der Waals surface area (Å²) in [5.74, 6) is 0.214. The first kappa shape index (κ1) is 14.4. The minimum atomic E-state index is 0.214. The molecule has 1 fully saturated rings. The van der Waals surface area contributed by atoms with Crippen molar-refractivity contribution in [3.05, 3.63) is 16.1 Å². The van der Waals surface area contributed by atoms with Crippen LogP contribution in [-0.2, 0) is 11.3 Å². The first-order chi connectivity index (χ1) is 9.19. The van der Waals surface area contributed by atoms with Crippen LogP contribution in [0.5, 0.6) is 0 Å². The Kier molecular flexibility index (Phi) is 5.30. The molecule has 0 atom stereocenters. The lowest BCUT2D eigenvalue weighted by Gasteiger charge is -2.34. The average Bonchev–Trinajstić information content (AvgIpc) is 2.82. The van der Waals surface area contributed by atoms with Crippen LogP contribution in [0.25, 0.3) is 0 Å². The fourth-order valence-electron chi connectivity index (χ4n) is 2.21. The molecule has 0 radical (unpaired) electrons. The summed E-state index contributed by atoms with van der Waals surface area (Å²) in [6, 6.07) is 0. The van der Waals surface area contributed by atoms with Crippen LogP contribution in [0.1, 0.15) is 17.6 Å². The first-order valence-corrected chi connectivity index (χ1v) is 7.69. The smallest absolute Gasteiger partial charge is 0.236 e. The number of hydrogen-bond donors (Lipinski definition) is 1. The number of piperazine rings is 1. The standard InChI is InChI=1S/C13H22N4OS/c1-3-14-8-13(18)17-6-4-16(5-7-17)9-12-10-19-11(2)15-12/h10,14H,3-9H2,1-2H3. The van der Waals surface area contributed by atoms with E-state index in [1.165, 1.54) is 0 Å². The van der Waals surface area contributed by atoms with Gasteiger partial charge in [-0.3, -0.25) is 9.69 Å². The molecule has 1 saturated heterocycles. The summed E-state index contributed by atoms with van der Waals surface area (Å²) in [5, 5.41) is 6.33. The molecule has 0 saturated carbocycles. The van der Waals surface area contributed by atoms with Crippen molar-refractivity contribution in [3.8, 4) is 0 Å². The number of thiazole rings is 1. The monoisotopic (exact) mass is 282 g/mol. The van der Waals surface area contributed by atoms with E-state index in [0.29, 0.717) is 6.54 Å². The third-order valence-electron chi connectivity index (χ3n) is 3.30. The lowest BCUT2D eigenvalue weighted by Crippen LogP contribution is -2.50. The van der Waals surface area contributed by atoms with Crippen molar-refractivity contribution in [2.75, 3.05) is 39.3 Å². The Morgan fingerprint density at radius 1 is 1.42 bits per heavy atom. The third kappa shape index (κ3) is 4.26. The van der Waals surface area contributed by atoms with E-state index in [-0.39, 0.29) is 5.91 Å². The summed E-state index contributed by atoms with van der Waals surface area (Å²) in [5.41, 5.74) is 1.15. The van der Waals surface area contributed by atoms with Crippen molar-refractivity contribution in [2.24, 2.45) is 0 Å². The zero-order valence-electron chi connectivity index (χ0n) is 11.7. The molecule has 19 heavy (non-hydrogen) atoms. The second-order valence-corrected chi connectivity index (χ2v) is 5.86. The highest BCUT2D eigenvalue weighted by atomic mass is 32.1. The van der Waals surface area contributed by atoms with Gasteiger partial charge in [0.25, 0.3) is 0 Å². The van der Waals surface area contributed by atoms with Crippen LogP contribution in [-0.4, -0.2) is 60.0 Å². The molecule has 0 bridgehead atoms.